The van der Waals surface area contributed by atoms with Gasteiger partial charge in [0.05, 0.1) is 0 Å². The molecule has 0 spiro atoms. The lowest BCUT2D eigenvalue weighted by Crippen LogP contribution is -2.39. The first-order chi connectivity index (χ1) is 13.4. The Morgan fingerprint density at radius 3 is 2.64 bits per heavy atom. The summed E-state index contributed by atoms with van der Waals surface area (Å²) in [4.78, 5) is 10.7. The minimum absolute atomic E-state index is 0.0585. The number of anilines is 2. The van der Waals surface area contributed by atoms with E-state index in [0.717, 1.165) is 48.4 Å². The molecule has 0 amide bonds. The summed E-state index contributed by atoms with van der Waals surface area (Å²) in [7, 11) is 0. The molecule has 11 heteroatoms. The third-order valence-corrected chi connectivity index (χ3v) is 4.76. The van der Waals surface area contributed by atoms with Crippen LogP contribution in [-0.4, -0.2) is 48.9 Å². The summed E-state index contributed by atoms with van der Waals surface area (Å²) in [5, 5.41) is 13.9. The number of fused-ring (bicyclic) bond motifs is 1. The number of aryl methyl sites for hydroxylation is 1. The van der Waals surface area contributed by atoms with Gasteiger partial charge in [-0.3, -0.25) is 0 Å². The molecular weight excluding hydrogens is 373 g/mol. The number of hydrogen-bond acceptors (Lipinski definition) is 7. The lowest BCUT2D eigenvalue weighted by molar-refractivity contribution is -0.146. The van der Waals surface area contributed by atoms with Gasteiger partial charge >= 0.3 is 6.18 Å². The molecule has 0 unspecified atom stereocenters. The van der Waals surface area contributed by atoms with E-state index in [1.165, 1.54) is 6.07 Å². The van der Waals surface area contributed by atoms with E-state index >= 15 is 0 Å². The zero-order valence-electron chi connectivity index (χ0n) is 15.2. The van der Waals surface area contributed by atoms with E-state index in [1.807, 2.05) is 13.0 Å². The molecule has 0 aromatic carbocycles. The zero-order chi connectivity index (χ0) is 19.7. The number of hydrogen-bond donors (Lipinski definition) is 1. The van der Waals surface area contributed by atoms with Crippen LogP contribution in [0.15, 0.2) is 24.5 Å². The van der Waals surface area contributed by atoms with Crippen molar-refractivity contribution in [2.24, 2.45) is 0 Å². The minimum atomic E-state index is -4.61. The molecule has 4 rings (SSSR count). The van der Waals surface area contributed by atoms with Gasteiger partial charge in [-0.15, -0.1) is 15.3 Å². The predicted molar refractivity (Wildman–Crippen MR) is 96.1 cm³/mol. The molecule has 1 aliphatic heterocycles. The van der Waals surface area contributed by atoms with Gasteiger partial charge < -0.3 is 10.2 Å². The summed E-state index contributed by atoms with van der Waals surface area (Å²) in [6.45, 7) is 3.63. The lowest BCUT2D eigenvalue weighted by Gasteiger charge is -2.33. The van der Waals surface area contributed by atoms with E-state index in [-0.39, 0.29) is 11.7 Å². The molecule has 1 N–H and O–H groups in total. The van der Waals surface area contributed by atoms with E-state index < -0.39 is 12.0 Å². The van der Waals surface area contributed by atoms with Crippen molar-refractivity contribution in [1.82, 2.24) is 29.8 Å². The number of rotatable bonds is 4. The fourth-order valence-electron chi connectivity index (χ4n) is 3.26. The molecule has 0 aliphatic carbocycles. The zero-order valence-corrected chi connectivity index (χ0v) is 15.2. The van der Waals surface area contributed by atoms with Crippen molar-refractivity contribution in [2.45, 2.75) is 38.4 Å². The Morgan fingerprint density at radius 2 is 1.93 bits per heavy atom. The average Bonchev–Trinajstić information content (AvgIpc) is 3.12. The topological polar surface area (TPSA) is 84.1 Å². The van der Waals surface area contributed by atoms with Crippen molar-refractivity contribution < 1.29 is 13.2 Å². The molecule has 3 aromatic heterocycles. The molecule has 1 fully saturated rings. The second-order valence-electron chi connectivity index (χ2n) is 6.64. The number of nitrogens with zero attached hydrogens (tertiary/aromatic N) is 7. The Morgan fingerprint density at radius 1 is 1.14 bits per heavy atom. The van der Waals surface area contributed by atoms with Crippen molar-refractivity contribution in [1.29, 1.82) is 0 Å². The summed E-state index contributed by atoms with van der Waals surface area (Å²) < 4.78 is 39.7. The molecule has 0 atom stereocenters. The van der Waals surface area contributed by atoms with Crippen LogP contribution in [0, 0.1) is 0 Å². The maximum absolute atomic E-state index is 13.0. The highest BCUT2D eigenvalue weighted by molar-refractivity contribution is 5.45. The molecule has 0 saturated carbocycles. The average molecular weight is 392 g/mol. The van der Waals surface area contributed by atoms with Gasteiger partial charge in [-0.1, -0.05) is 6.92 Å². The maximum atomic E-state index is 13.0. The van der Waals surface area contributed by atoms with Crippen molar-refractivity contribution >= 4 is 17.3 Å². The number of halogens is 3. The molecular formula is C17H19F3N8. The van der Waals surface area contributed by atoms with Crippen LogP contribution < -0.4 is 10.2 Å². The van der Waals surface area contributed by atoms with Crippen molar-refractivity contribution in [2.75, 3.05) is 23.3 Å². The van der Waals surface area contributed by atoms with E-state index in [0.29, 0.717) is 5.82 Å². The van der Waals surface area contributed by atoms with Crippen LogP contribution in [0.3, 0.4) is 0 Å². The number of piperidine rings is 1. The van der Waals surface area contributed by atoms with Gasteiger partial charge in [0.2, 0.25) is 0 Å². The van der Waals surface area contributed by atoms with Gasteiger partial charge in [0.1, 0.15) is 18.0 Å². The van der Waals surface area contributed by atoms with E-state index in [1.54, 1.807) is 12.4 Å². The highest BCUT2D eigenvalue weighted by Gasteiger charge is 2.37. The van der Waals surface area contributed by atoms with Gasteiger partial charge in [-0.05, 0) is 31.4 Å². The summed E-state index contributed by atoms with van der Waals surface area (Å²) in [6.07, 6.45) is -0.538. The summed E-state index contributed by atoms with van der Waals surface area (Å²) >= 11 is 0. The molecule has 1 aliphatic rings. The Bertz CT molecular complexity index is 962. The number of aromatic nitrogens is 6. The Hall–Kier alpha value is -2.98. The van der Waals surface area contributed by atoms with Crippen molar-refractivity contribution in [3.63, 3.8) is 0 Å². The first-order valence-corrected chi connectivity index (χ1v) is 9.06. The molecule has 28 heavy (non-hydrogen) atoms. The Balaban J connectivity index is 1.43. The predicted octanol–water partition coefficient (Wildman–Crippen LogP) is 2.58. The lowest BCUT2D eigenvalue weighted by atomic mass is 10.0. The third kappa shape index (κ3) is 3.69. The van der Waals surface area contributed by atoms with Gasteiger partial charge in [-0.2, -0.15) is 17.7 Å². The van der Waals surface area contributed by atoms with E-state index in [4.69, 9.17) is 0 Å². The summed E-state index contributed by atoms with van der Waals surface area (Å²) in [5.41, 5.74) is 1.06. The van der Waals surface area contributed by atoms with Gasteiger partial charge in [0.15, 0.2) is 5.65 Å². The fraction of sp³-hybridized carbons (Fsp3) is 0.471. The first kappa shape index (κ1) is 18.4. The van der Waals surface area contributed by atoms with Crippen LogP contribution in [0.1, 0.15) is 31.3 Å². The maximum Gasteiger partial charge on any atom is 0.453 e. The van der Waals surface area contributed by atoms with Crippen molar-refractivity contribution in [3.8, 4) is 0 Å². The molecule has 3 aromatic rings. The van der Waals surface area contributed by atoms with Gasteiger partial charge in [0.25, 0.3) is 5.82 Å². The quantitative estimate of drug-likeness (QED) is 0.731. The standard InChI is InChI=1S/C17H19F3N8/c1-2-11-9-15(22-10-21-11)27-7-5-12(6-8-27)23-13-3-4-14-24-25-16(17(18,19)20)28(14)26-13/h3-4,9-10,12H,2,5-8H2,1H3,(H,23,26). The second kappa shape index (κ2) is 7.21. The van der Waals surface area contributed by atoms with E-state index in [9.17, 15) is 13.2 Å². The summed E-state index contributed by atoms with van der Waals surface area (Å²) in [5.74, 6) is 0.146. The molecule has 0 radical (unpaired) electrons. The highest BCUT2D eigenvalue weighted by atomic mass is 19.4. The molecule has 4 heterocycles. The van der Waals surface area contributed by atoms with Crippen LogP contribution >= 0.6 is 0 Å². The van der Waals surface area contributed by atoms with Crippen LogP contribution in [0.5, 0.6) is 0 Å². The SMILES string of the molecule is CCc1cc(N2CCC(Nc3ccc4nnc(C(F)(F)F)n4n3)CC2)ncn1. The first-order valence-electron chi connectivity index (χ1n) is 9.06. The summed E-state index contributed by atoms with van der Waals surface area (Å²) in [6, 6.07) is 5.20. The number of alkyl halides is 3. The van der Waals surface area contributed by atoms with Gasteiger partial charge in [0, 0.05) is 30.9 Å². The largest absolute Gasteiger partial charge is 0.453 e. The van der Waals surface area contributed by atoms with Crippen LogP contribution in [-0.2, 0) is 12.6 Å². The van der Waals surface area contributed by atoms with Crippen LogP contribution in [0.25, 0.3) is 5.65 Å². The monoisotopic (exact) mass is 392 g/mol. The molecule has 8 nitrogen and oxygen atoms in total. The highest BCUT2D eigenvalue weighted by Crippen LogP contribution is 2.28. The molecule has 148 valence electrons. The van der Waals surface area contributed by atoms with Crippen LogP contribution in [0.4, 0.5) is 24.8 Å². The van der Waals surface area contributed by atoms with E-state index in [2.05, 4.69) is 35.5 Å². The Kier molecular flexibility index (Phi) is 4.73. The van der Waals surface area contributed by atoms with Gasteiger partial charge in [-0.25, -0.2) is 9.97 Å². The smallest absolute Gasteiger partial charge is 0.366 e. The second-order valence-corrected chi connectivity index (χ2v) is 6.64. The minimum Gasteiger partial charge on any atom is -0.366 e. The number of nitrogens with one attached hydrogen (secondary N) is 1. The van der Waals surface area contributed by atoms with Crippen molar-refractivity contribution in [3.05, 3.63) is 36.0 Å². The fourth-order valence-corrected chi connectivity index (χ4v) is 3.26. The van der Waals surface area contributed by atoms with Crippen LogP contribution in [0.2, 0.25) is 0 Å². The molecule has 0 bridgehead atoms. The third-order valence-electron chi connectivity index (χ3n) is 4.76. The normalized spacial score (nSPS) is 15.9. The Labute approximate surface area is 158 Å². The molecule has 1 saturated heterocycles.